The van der Waals surface area contributed by atoms with E-state index in [1.807, 2.05) is 66.0 Å². The zero-order chi connectivity index (χ0) is 23.5. The third-order valence-electron chi connectivity index (χ3n) is 6.38. The van der Waals surface area contributed by atoms with Gasteiger partial charge in [0.1, 0.15) is 17.3 Å². The molecule has 6 heteroatoms. The number of aromatic nitrogens is 2. The minimum absolute atomic E-state index is 0.0140. The fourth-order valence-corrected chi connectivity index (χ4v) is 4.69. The third-order valence-corrected chi connectivity index (χ3v) is 6.38. The van der Waals surface area contributed by atoms with Crippen LogP contribution in [0.3, 0.4) is 0 Å². The summed E-state index contributed by atoms with van der Waals surface area (Å²) in [5, 5.41) is 0. The predicted molar refractivity (Wildman–Crippen MR) is 133 cm³/mol. The van der Waals surface area contributed by atoms with Crippen molar-refractivity contribution in [1.29, 1.82) is 0 Å². The van der Waals surface area contributed by atoms with Gasteiger partial charge >= 0.3 is 0 Å². The maximum Gasteiger partial charge on any atom is 0.245 e. The van der Waals surface area contributed by atoms with Gasteiger partial charge in [-0.1, -0.05) is 30.9 Å². The Labute approximate surface area is 199 Å². The molecule has 0 radical (unpaired) electrons. The number of carbonyl (C=O) groups is 1. The van der Waals surface area contributed by atoms with Crippen LogP contribution in [0.2, 0.25) is 0 Å². The molecule has 1 atom stereocenters. The molecule has 1 saturated heterocycles. The molecule has 1 fully saturated rings. The zero-order valence-electron chi connectivity index (χ0n) is 19.2. The summed E-state index contributed by atoms with van der Waals surface area (Å²) in [5.41, 5.74) is 4.25. The molecule has 3 aromatic rings. The number of allylic oxidation sites excluding steroid dienone is 5. The monoisotopic (exact) mass is 453 g/mol. The van der Waals surface area contributed by atoms with E-state index in [-0.39, 0.29) is 11.8 Å². The number of carbonyl (C=O) groups excluding carboxylic acids is 1. The standard InChI is InChI=1S/C28H27N3O3/c1-3-28(32)30-15-13-20(18-30)24-17-26(31-19-29-14-12-25(24)31)23-11-10-22(16-27(23)33-2)34-21-8-6-4-5-7-9-21/h3-8,10-12,14,16-17,19-20H,1,9,13,15,18H2,2H3. The van der Waals surface area contributed by atoms with E-state index in [4.69, 9.17) is 9.47 Å². The Kier molecular flexibility index (Phi) is 6.04. The lowest BCUT2D eigenvalue weighted by atomic mass is 9.98. The van der Waals surface area contributed by atoms with Gasteiger partial charge < -0.3 is 14.4 Å². The van der Waals surface area contributed by atoms with Crippen LogP contribution >= 0.6 is 0 Å². The second-order valence-electron chi connectivity index (χ2n) is 8.41. The van der Waals surface area contributed by atoms with E-state index >= 15 is 0 Å². The molecule has 0 N–H and O–H groups in total. The van der Waals surface area contributed by atoms with Crippen molar-refractivity contribution in [3.05, 3.63) is 97.2 Å². The molecule has 1 aliphatic heterocycles. The SMILES string of the molecule is C=CC(=O)N1CCC(c2cc(-c3ccc(OC4=CC=CC=CC4)cc3OC)n3cnccc23)C1. The van der Waals surface area contributed by atoms with Gasteiger partial charge in [-0.05, 0) is 48.4 Å². The van der Waals surface area contributed by atoms with Crippen molar-refractivity contribution < 1.29 is 14.3 Å². The molecule has 34 heavy (non-hydrogen) atoms. The van der Waals surface area contributed by atoms with Crippen LogP contribution in [0, 0.1) is 0 Å². The molecular weight excluding hydrogens is 426 g/mol. The van der Waals surface area contributed by atoms with Crippen molar-refractivity contribution in [2.75, 3.05) is 20.2 Å². The highest BCUT2D eigenvalue weighted by Crippen LogP contribution is 2.39. The highest BCUT2D eigenvalue weighted by Gasteiger charge is 2.29. The van der Waals surface area contributed by atoms with E-state index in [1.165, 1.54) is 11.6 Å². The molecule has 3 heterocycles. The molecule has 0 bridgehead atoms. The minimum atomic E-state index is -0.0140. The van der Waals surface area contributed by atoms with Crippen molar-refractivity contribution in [2.45, 2.75) is 18.8 Å². The molecule has 0 spiro atoms. The molecular formula is C28H27N3O3. The van der Waals surface area contributed by atoms with Crippen LogP contribution in [-0.4, -0.2) is 40.4 Å². The first-order chi connectivity index (χ1) is 16.7. The summed E-state index contributed by atoms with van der Waals surface area (Å²) in [5.74, 6) is 2.57. The Morgan fingerprint density at radius 2 is 2.12 bits per heavy atom. The second-order valence-corrected chi connectivity index (χ2v) is 8.41. The number of likely N-dealkylation sites (tertiary alicyclic amines) is 1. The van der Waals surface area contributed by atoms with Gasteiger partial charge in [-0.2, -0.15) is 0 Å². The zero-order valence-corrected chi connectivity index (χ0v) is 19.2. The van der Waals surface area contributed by atoms with Crippen molar-refractivity contribution in [3.63, 3.8) is 0 Å². The molecule has 0 saturated carbocycles. The van der Waals surface area contributed by atoms with E-state index in [1.54, 1.807) is 7.11 Å². The highest BCUT2D eigenvalue weighted by atomic mass is 16.5. The van der Waals surface area contributed by atoms with Crippen LogP contribution in [0.15, 0.2) is 91.7 Å². The molecule has 2 aliphatic rings. The fourth-order valence-electron chi connectivity index (χ4n) is 4.69. The van der Waals surface area contributed by atoms with Gasteiger partial charge in [-0.15, -0.1) is 0 Å². The van der Waals surface area contributed by atoms with Crippen LogP contribution in [0.25, 0.3) is 16.8 Å². The van der Waals surface area contributed by atoms with Crippen molar-refractivity contribution in [2.24, 2.45) is 0 Å². The van der Waals surface area contributed by atoms with Gasteiger partial charge in [0.05, 0.1) is 24.6 Å². The van der Waals surface area contributed by atoms with Crippen molar-refractivity contribution in [1.82, 2.24) is 14.3 Å². The lowest BCUT2D eigenvalue weighted by Crippen LogP contribution is -2.26. The molecule has 6 nitrogen and oxygen atoms in total. The Hall–Kier alpha value is -4.06. The first-order valence-corrected chi connectivity index (χ1v) is 11.4. The van der Waals surface area contributed by atoms with Gasteiger partial charge in [-0.3, -0.25) is 9.20 Å². The predicted octanol–water partition coefficient (Wildman–Crippen LogP) is 5.29. The molecule has 1 unspecified atom stereocenters. The van der Waals surface area contributed by atoms with Gasteiger partial charge in [0.2, 0.25) is 5.91 Å². The number of fused-ring (bicyclic) bond motifs is 1. The molecule has 1 amide bonds. The van der Waals surface area contributed by atoms with E-state index in [2.05, 4.69) is 28.1 Å². The average Bonchev–Trinajstić information content (AvgIpc) is 3.42. The molecule has 5 rings (SSSR count). The molecule has 172 valence electrons. The number of ether oxygens (including phenoxy) is 2. The summed E-state index contributed by atoms with van der Waals surface area (Å²) in [4.78, 5) is 18.3. The van der Waals surface area contributed by atoms with E-state index in [0.717, 1.165) is 53.4 Å². The van der Waals surface area contributed by atoms with Gasteiger partial charge in [-0.25, -0.2) is 4.98 Å². The minimum Gasteiger partial charge on any atom is -0.496 e. The Bertz CT molecular complexity index is 1330. The summed E-state index contributed by atoms with van der Waals surface area (Å²) < 4.78 is 14.0. The number of nitrogens with zero attached hydrogens (tertiary/aromatic N) is 3. The van der Waals surface area contributed by atoms with Crippen LogP contribution in [0.4, 0.5) is 0 Å². The van der Waals surface area contributed by atoms with Crippen LogP contribution < -0.4 is 9.47 Å². The first-order valence-electron chi connectivity index (χ1n) is 11.4. The number of methoxy groups -OCH3 is 1. The van der Waals surface area contributed by atoms with Crippen LogP contribution in [0.1, 0.15) is 24.3 Å². The maximum atomic E-state index is 12.1. The van der Waals surface area contributed by atoms with Crippen molar-refractivity contribution >= 4 is 11.4 Å². The topological polar surface area (TPSA) is 56.1 Å². The number of hydrogen-bond donors (Lipinski definition) is 0. The fraction of sp³-hybridized carbons (Fsp3) is 0.214. The molecule has 2 aromatic heterocycles. The highest BCUT2D eigenvalue weighted by molar-refractivity contribution is 5.87. The van der Waals surface area contributed by atoms with E-state index in [9.17, 15) is 4.79 Å². The number of amides is 1. The average molecular weight is 454 g/mol. The second kappa shape index (κ2) is 9.43. The number of benzene rings is 1. The largest absolute Gasteiger partial charge is 0.496 e. The van der Waals surface area contributed by atoms with Gasteiger partial charge in [0.25, 0.3) is 0 Å². The molecule has 1 aromatic carbocycles. The lowest BCUT2D eigenvalue weighted by molar-refractivity contribution is -0.125. The quantitative estimate of drug-likeness (QED) is 0.476. The Morgan fingerprint density at radius 3 is 2.97 bits per heavy atom. The number of hydrogen-bond acceptors (Lipinski definition) is 4. The maximum absolute atomic E-state index is 12.1. The van der Waals surface area contributed by atoms with Gasteiger partial charge in [0, 0.05) is 43.3 Å². The van der Waals surface area contributed by atoms with E-state index < -0.39 is 0 Å². The first kappa shape index (κ1) is 21.8. The van der Waals surface area contributed by atoms with Crippen molar-refractivity contribution in [3.8, 4) is 22.8 Å². The van der Waals surface area contributed by atoms with Crippen LogP contribution in [-0.2, 0) is 4.79 Å². The Morgan fingerprint density at radius 1 is 1.21 bits per heavy atom. The smallest absolute Gasteiger partial charge is 0.245 e. The van der Waals surface area contributed by atoms with Gasteiger partial charge in [0.15, 0.2) is 0 Å². The Balaban J connectivity index is 1.50. The summed E-state index contributed by atoms with van der Waals surface area (Å²) in [6.45, 7) is 5.05. The summed E-state index contributed by atoms with van der Waals surface area (Å²) in [6.07, 6.45) is 16.7. The lowest BCUT2D eigenvalue weighted by Gasteiger charge is -2.13. The van der Waals surface area contributed by atoms with Crippen LogP contribution in [0.5, 0.6) is 11.5 Å². The summed E-state index contributed by atoms with van der Waals surface area (Å²) in [6, 6.07) is 10.1. The summed E-state index contributed by atoms with van der Waals surface area (Å²) >= 11 is 0. The third kappa shape index (κ3) is 4.15. The van der Waals surface area contributed by atoms with E-state index in [0.29, 0.717) is 6.54 Å². The number of rotatable bonds is 6. The molecule has 1 aliphatic carbocycles. The normalized spacial score (nSPS) is 17.5. The summed E-state index contributed by atoms with van der Waals surface area (Å²) in [7, 11) is 1.67.